The summed E-state index contributed by atoms with van der Waals surface area (Å²) in [4.78, 5) is 17.9. The predicted molar refractivity (Wildman–Crippen MR) is 76.1 cm³/mol. The number of carbonyl (C=O) groups excluding carboxylic acids is 1. The van der Waals surface area contributed by atoms with E-state index in [1.165, 1.54) is 4.90 Å². The molecule has 2 rings (SSSR count). The maximum absolute atomic E-state index is 12.2. The van der Waals surface area contributed by atoms with Gasteiger partial charge in [0.05, 0.1) is 0 Å². The molecule has 2 aromatic rings. The highest BCUT2D eigenvalue weighted by Gasteiger charge is 2.14. The fourth-order valence-corrected chi connectivity index (χ4v) is 1.93. The van der Waals surface area contributed by atoms with E-state index in [-0.39, 0.29) is 5.91 Å². The van der Waals surface area contributed by atoms with Gasteiger partial charge in [-0.1, -0.05) is 17.7 Å². The molecular formula is C13H10BrClN2O. The zero-order valence-corrected chi connectivity index (χ0v) is 11.9. The number of nitrogens with zero attached hydrogens (tertiary/aromatic N) is 2. The SMILES string of the molecule is CN(C(=O)c1ccc(Cl)cc1)c1cccc(Br)n1. The van der Waals surface area contributed by atoms with Gasteiger partial charge in [-0.3, -0.25) is 9.69 Å². The van der Waals surface area contributed by atoms with Crippen molar-refractivity contribution in [3.8, 4) is 0 Å². The molecule has 0 fully saturated rings. The van der Waals surface area contributed by atoms with Crippen molar-refractivity contribution >= 4 is 39.3 Å². The number of pyridine rings is 1. The Morgan fingerprint density at radius 1 is 1.22 bits per heavy atom. The van der Waals surface area contributed by atoms with Crippen LogP contribution in [0.25, 0.3) is 0 Å². The van der Waals surface area contributed by atoms with Crippen LogP contribution < -0.4 is 4.90 Å². The Kier molecular flexibility index (Phi) is 3.99. The number of hydrogen-bond donors (Lipinski definition) is 0. The third-order valence-electron chi connectivity index (χ3n) is 2.44. The van der Waals surface area contributed by atoms with Gasteiger partial charge in [0.25, 0.3) is 5.91 Å². The second-order valence-electron chi connectivity index (χ2n) is 3.69. The van der Waals surface area contributed by atoms with Gasteiger partial charge in [0, 0.05) is 17.6 Å². The zero-order valence-electron chi connectivity index (χ0n) is 9.60. The second kappa shape index (κ2) is 5.50. The lowest BCUT2D eigenvalue weighted by molar-refractivity contribution is 0.0992. The number of hydrogen-bond acceptors (Lipinski definition) is 2. The van der Waals surface area contributed by atoms with Gasteiger partial charge in [0.15, 0.2) is 0 Å². The normalized spacial score (nSPS) is 10.2. The van der Waals surface area contributed by atoms with Crippen molar-refractivity contribution in [3.05, 3.63) is 57.7 Å². The van der Waals surface area contributed by atoms with Crippen LogP contribution in [0.3, 0.4) is 0 Å². The van der Waals surface area contributed by atoms with Crippen molar-refractivity contribution in [1.82, 2.24) is 4.98 Å². The molecule has 0 aliphatic heterocycles. The van der Waals surface area contributed by atoms with Gasteiger partial charge in [-0.25, -0.2) is 4.98 Å². The first-order valence-corrected chi connectivity index (χ1v) is 6.41. The molecule has 18 heavy (non-hydrogen) atoms. The summed E-state index contributed by atoms with van der Waals surface area (Å²) in [7, 11) is 1.69. The molecule has 1 aromatic carbocycles. The first-order chi connectivity index (χ1) is 8.58. The summed E-state index contributed by atoms with van der Waals surface area (Å²) in [6, 6.07) is 12.2. The minimum atomic E-state index is -0.128. The van der Waals surface area contributed by atoms with Crippen molar-refractivity contribution in [2.75, 3.05) is 11.9 Å². The largest absolute Gasteiger partial charge is 0.296 e. The van der Waals surface area contributed by atoms with E-state index in [0.29, 0.717) is 21.0 Å². The number of carbonyl (C=O) groups is 1. The Bertz CT molecular complexity index is 571. The topological polar surface area (TPSA) is 33.2 Å². The Labute approximate surface area is 119 Å². The predicted octanol–water partition coefficient (Wildman–Crippen LogP) is 3.77. The molecule has 3 nitrogen and oxygen atoms in total. The fourth-order valence-electron chi connectivity index (χ4n) is 1.47. The average Bonchev–Trinajstić information content (AvgIpc) is 2.38. The lowest BCUT2D eigenvalue weighted by atomic mass is 10.2. The molecule has 0 unspecified atom stereocenters. The summed E-state index contributed by atoms with van der Waals surface area (Å²) in [5, 5.41) is 0.606. The molecular weight excluding hydrogens is 316 g/mol. The zero-order chi connectivity index (χ0) is 13.1. The van der Waals surface area contributed by atoms with Crippen LogP contribution in [0.15, 0.2) is 47.1 Å². The number of benzene rings is 1. The van der Waals surface area contributed by atoms with Crippen molar-refractivity contribution < 1.29 is 4.79 Å². The molecule has 92 valence electrons. The lowest BCUT2D eigenvalue weighted by Gasteiger charge is -2.16. The van der Waals surface area contributed by atoms with Gasteiger partial charge in [0.2, 0.25) is 0 Å². The quantitative estimate of drug-likeness (QED) is 0.787. The Morgan fingerprint density at radius 2 is 1.89 bits per heavy atom. The average molecular weight is 326 g/mol. The maximum Gasteiger partial charge on any atom is 0.259 e. The highest BCUT2D eigenvalue weighted by molar-refractivity contribution is 9.10. The smallest absolute Gasteiger partial charge is 0.259 e. The minimum absolute atomic E-state index is 0.128. The van der Waals surface area contributed by atoms with Crippen molar-refractivity contribution in [1.29, 1.82) is 0 Å². The molecule has 1 aromatic heterocycles. The minimum Gasteiger partial charge on any atom is -0.296 e. The summed E-state index contributed by atoms with van der Waals surface area (Å²) < 4.78 is 0.691. The van der Waals surface area contributed by atoms with Crippen LogP contribution >= 0.6 is 27.5 Å². The van der Waals surface area contributed by atoms with Gasteiger partial charge in [0.1, 0.15) is 10.4 Å². The summed E-state index contributed by atoms with van der Waals surface area (Å²) in [5.74, 6) is 0.460. The third-order valence-corrected chi connectivity index (χ3v) is 3.13. The van der Waals surface area contributed by atoms with E-state index in [2.05, 4.69) is 20.9 Å². The monoisotopic (exact) mass is 324 g/mol. The molecule has 0 spiro atoms. The number of halogens is 2. The molecule has 0 atom stereocenters. The Balaban J connectivity index is 2.26. The summed E-state index contributed by atoms with van der Waals surface area (Å²) in [6.45, 7) is 0. The van der Waals surface area contributed by atoms with E-state index >= 15 is 0 Å². The van der Waals surface area contributed by atoms with E-state index in [4.69, 9.17) is 11.6 Å². The molecule has 5 heteroatoms. The molecule has 0 saturated carbocycles. The highest BCUT2D eigenvalue weighted by atomic mass is 79.9. The molecule has 0 saturated heterocycles. The van der Waals surface area contributed by atoms with Crippen LogP contribution in [0.2, 0.25) is 5.02 Å². The lowest BCUT2D eigenvalue weighted by Crippen LogP contribution is -2.27. The van der Waals surface area contributed by atoms with Crippen LogP contribution in [0.4, 0.5) is 5.82 Å². The molecule has 1 amide bonds. The van der Waals surface area contributed by atoms with E-state index in [1.54, 1.807) is 37.4 Å². The highest BCUT2D eigenvalue weighted by Crippen LogP contribution is 2.17. The van der Waals surface area contributed by atoms with Crippen molar-refractivity contribution in [2.24, 2.45) is 0 Å². The van der Waals surface area contributed by atoms with Crippen LogP contribution in [0.5, 0.6) is 0 Å². The number of amides is 1. The van der Waals surface area contributed by atoms with Crippen molar-refractivity contribution in [2.45, 2.75) is 0 Å². The molecule has 0 bridgehead atoms. The molecule has 1 heterocycles. The van der Waals surface area contributed by atoms with Crippen LogP contribution in [-0.2, 0) is 0 Å². The van der Waals surface area contributed by atoms with Gasteiger partial charge < -0.3 is 0 Å². The number of rotatable bonds is 2. The summed E-state index contributed by atoms with van der Waals surface area (Å²) in [5.41, 5.74) is 0.573. The van der Waals surface area contributed by atoms with Gasteiger partial charge in [-0.15, -0.1) is 0 Å². The van der Waals surface area contributed by atoms with E-state index < -0.39 is 0 Å². The number of anilines is 1. The van der Waals surface area contributed by atoms with Crippen LogP contribution in [0, 0.1) is 0 Å². The maximum atomic E-state index is 12.2. The van der Waals surface area contributed by atoms with Gasteiger partial charge >= 0.3 is 0 Å². The summed E-state index contributed by atoms with van der Waals surface area (Å²) >= 11 is 9.07. The van der Waals surface area contributed by atoms with E-state index in [1.807, 2.05) is 12.1 Å². The third kappa shape index (κ3) is 2.89. The van der Waals surface area contributed by atoms with E-state index in [9.17, 15) is 4.79 Å². The van der Waals surface area contributed by atoms with Gasteiger partial charge in [-0.2, -0.15) is 0 Å². The molecule has 0 radical (unpaired) electrons. The first kappa shape index (κ1) is 13.1. The van der Waals surface area contributed by atoms with Crippen LogP contribution in [0.1, 0.15) is 10.4 Å². The second-order valence-corrected chi connectivity index (χ2v) is 4.94. The number of aromatic nitrogens is 1. The summed E-state index contributed by atoms with van der Waals surface area (Å²) in [6.07, 6.45) is 0. The van der Waals surface area contributed by atoms with Crippen LogP contribution in [-0.4, -0.2) is 17.9 Å². The standard InChI is InChI=1S/C13H10BrClN2O/c1-17(12-4-2-3-11(14)16-12)13(18)9-5-7-10(15)8-6-9/h2-8H,1H3. The van der Waals surface area contributed by atoms with Crippen molar-refractivity contribution in [3.63, 3.8) is 0 Å². The first-order valence-electron chi connectivity index (χ1n) is 5.24. The van der Waals surface area contributed by atoms with Gasteiger partial charge in [-0.05, 0) is 52.3 Å². The Hall–Kier alpha value is -1.39. The molecule has 0 N–H and O–H groups in total. The van der Waals surface area contributed by atoms with E-state index in [0.717, 1.165) is 0 Å². The molecule has 0 aliphatic rings. The Morgan fingerprint density at radius 3 is 2.50 bits per heavy atom. The fraction of sp³-hybridized carbons (Fsp3) is 0.0769. The molecule has 0 aliphatic carbocycles.